The fraction of sp³-hybridized carbons (Fsp3) is 0.833. The van der Waals surface area contributed by atoms with Crippen molar-refractivity contribution in [1.82, 2.24) is 0 Å². The highest BCUT2D eigenvalue weighted by Crippen LogP contribution is 2.13. The highest BCUT2D eigenvalue weighted by atomic mass is 16.7. The molecule has 1 fully saturated rings. The van der Waals surface area contributed by atoms with Crippen molar-refractivity contribution < 1.29 is 14.6 Å². The quantitative estimate of drug-likeness (QED) is 0.522. The van der Waals surface area contributed by atoms with Gasteiger partial charge in [-0.1, -0.05) is 12.2 Å². The Morgan fingerprint density at radius 1 is 1.27 bits per heavy atom. The first-order valence-electron chi connectivity index (χ1n) is 5.92. The van der Waals surface area contributed by atoms with Gasteiger partial charge < -0.3 is 14.6 Å². The minimum atomic E-state index is 0.0418. The molecule has 0 radical (unpaired) electrons. The van der Waals surface area contributed by atoms with E-state index < -0.39 is 0 Å². The van der Waals surface area contributed by atoms with Gasteiger partial charge in [-0.25, -0.2) is 0 Å². The molecular formula is C12H22O3. The van der Waals surface area contributed by atoms with Crippen LogP contribution in [0.2, 0.25) is 0 Å². The van der Waals surface area contributed by atoms with Gasteiger partial charge in [-0.3, -0.25) is 0 Å². The molecule has 0 aliphatic carbocycles. The van der Waals surface area contributed by atoms with Crippen molar-refractivity contribution in [3.8, 4) is 0 Å². The standard InChI is InChI=1S/C12H22O3/c13-9-5-2-1-3-6-10-14-12-8-4-7-11-15-12/h1-2,12-13H,3-11H2/b2-1+. The summed E-state index contributed by atoms with van der Waals surface area (Å²) >= 11 is 0. The van der Waals surface area contributed by atoms with Crippen molar-refractivity contribution in [1.29, 1.82) is 0 Å². The Kier molecular flexibility index (Phi) is 7.52. The highest BCUT2D eigenvalue weighted by Gasteiger charge is 2.12. The summed E-state index contributed by atoms with van der Waals surface area (Å²) in [6.45, 7) is 1.86. The van der Waals surface area contributed by atoms with Gasteiger partial charge in [-0.05, 0) is 38.5 Å². The van der Waals surface area contributed by atoms with E-state index in [9.17, 15) is 0 Å². The number of rotatable bonds is 7. The lowest BCUT2D eigenvalue weighted by Crippen LogP contribution is -2.22. The summed E-state index contributed by atoms with van der Waals surface area (Å²) in [7, 11) is 0. The van der Waals surface area contributed by atoms with Crippen LogP contribution in [-0.2, 0) is 9.47 Å². The molecule has 0 aromatic heterocycles. The van der Waals surface area contributed by atoms with Crippen molar-refractivity contribution in [3.05, 3.63) is 12.2 Å². The number of unbranched alkanes of at least 4 members (excludes halogenated alkanes) is 1. The molecule has 1 aliphatic rings. The second-order valence-corrected chi connectivity index (χ2v) is 3.79. The van der Waals surface area contributed by atoms with Gasteiger partial charge in [0.1, 0.15) is 0 Å². The lowest BCUT2D eigenvalue weighted by atomic mass is 10.2. The predicted octanol–water partition coefficient (Wildman–Crippen LogP) is 2.25. The molecule has 3 heteroatoms. The molecule has 1 saturated heterocycles. The molecule has 0 bridgehead atoms. The van der Waals surface area contributed by atoms with Gasteiger partial charge in [0.25, 0.3) is 0 Å². The van der Waals surface area contributed by atoms with Crippen molar-refractivity contribution in [3.63, 3.8) is 0 Å². The van der Waals surface area contributed by atoms with E-state index in [0.29, 0.717) is 0 Å². The third-order valence-corrected chi connectivity index (χ3v) is 2.42. The fourth-order valence-electron chi connectivity index (χ4n) is 1.57. The van der Waals surface area contributed by atoms with Crippen LogP contribution in [0.25, 0.3) is 0 Å². The molecule has 1 heterocycles. The molecule has 1 N–H and O–H groups in total. The van der Waals surface area contributed by atoms with E-state index in [1.54, 1.807) is 0 Å². The maximum absolute atomic E-state index is 8.55. The van der Waals surface area contributed by atoms with Crippen LogP contribution >= 0.6 is 0 Å². The maximum atomic E-state index is 8.55. The summed E-state index contributed by atoms with van der Waals surface area (Å²) in [6, 6.07) is 0. The van der Waals surface area contributed by atoms with Crippen molar-refractivity contribution in [2.24, 2.45) is 0 Å². The predicted molar refractivity (Wildman–Crippen MR) is 59.6 cm³/mol. The summed E-state index contributed by atoms with van der Waals surface area (Å²) in [5.74, 6) is 0. The van der Waals surface area contributed by atoms with Crippen molar-refractivity contribution in [2.75, 3.05) is 19.8 Å². The molecule has 1 aliphatic heterocycles. The van der Waals surface area contributed by atoms with E-state index in [0.717, 1.165) is 38.9 Å². The average molecular weight is 214 g/mol. The number of hydrogen-bond acceptors (Lipinski definition) is 3. The molecule has 0 saturated carbocycles. The zero-order valence-electron chi connectivity index (χ0n) is 9.36. The maximum Gasteiger partial charge on any atom is 0.157 e. The molecule has 0 amide bonds. The molecule has 88 valence electrons. The van der Waals surface area contributed by atoms with E-state index >= 15 is 0 Å². The average Bonchev–Trinajstić information content (AvgIpc) is 2.29. The number of hydrogen-bond donors (Lipinski definition) is 1. The summed E-state index contributed by atoms with van der Waals surface area (Å²) < 4.78 is 11.0. The van der Waals surface area contributed by atoms with Gasteiger partial charge in [-0.15, -0.1) is 0 Å². The van der Waals surface area contributed by atoms with Crippen LogP contribution in [0.1, 0.15) is 38.5 Å². The smallest absolute Gasteiger partial charge is 0.157 e. The summed E-state index contributed by atoms with van der Waals surface area (Å²) in [5, 5.41) is 8.55. The monoisotopic (exact) mass is 214 g/mol. The topological polar surface area (TPSA) is 38.7 Å². The molecule has 1 rings (SSSR count). The molecule has 0 spiro atoms. The Balaban J connectivity index is 1.87. The first-order chi connectivity index (χ1) is 7.43. The van der Waals surface area contributed by atoms with Gasteiger partial charge in [0.05, 0.1) is 6.61 Å². The van der Waals surface area contributed by atoms with E-state index in [1.165, 1.54) is 12.8 Å². The third kappa shape index (κ3) is 6.66. The van der Waals surface area contributed by atoms with Crippen LogP contribution in [0.15, 0.2) is 12.2 Å². The van der Waals surface area contributed by atoms with Crippen LogP contribution in [-0.4, -0.2) is 31.2 Å². The van der Waals surface area contributed by atoms with E-state index in [4.69, 9.17) is 14.6 Å². The largest absolute Gasteiger partial charge is 0.396 e. The van der Waals surface area contributed by atoms with Gasteiger partial charge in [-0.2, -0.15) is 0 Å². The van der Waals surface area contributed by atoms with Crippen LogP contribution in [0.3, 0.4) is 0 Å². The zero-order valence-corrected chi connectivity index (χ0v) is 9.36. The minimum Gasteiger partial charge on any atom is -0.396 e. The normalized spacial score (nSPS) is 22.3. The van der Waals surface area contributed by atoms with Crippen molar-refractivity contribution in [2.45, 2.75) is 44.8 Å². The lowest BCUT2D eigenvalue weighted by Gasteiger charge is -2.22. The summed E-state index contributed by atoms with van der Waals surface area (Å²) in [4.78, 5) is 0. The Morgan fingerprint density at radius 3 is 2.87 bits per heavy atom. The number of aliphatic hydroxyl groups is 1. The summed E-state index contributed by atoms with van der Waals surface area (Å²) in [5.41, 5.74) is 0. The zero-order chi connectivity index (χ0) is 10.8. The van der Waals surface area contributed by atoms with Crippen molar-refractivity contribution >= 4 is 0 Å². The Labute approximate surface area is 92.1 Å². The van der Waals surface area contributed by atoms with E-state index in [2.05, 4.69) is 6.08 Å². The molecule has 0 aromatic carbocycles. The first kappa shape index (κ1) is 12.7. The SMILES string of the molecule is OCC/C=C/CCCOC1CCCCO1. The first-order valence-corrected chi connectivity index (χ1v) is 5.92. The number of aliphatic hydroxyl groups excluding tert-OH is 1. The highest BCUT2D eigenvalue weighted by molar-refractivity contribution is 4.80. The molecular weight excluding hydrogens is 192 g/mol. The Bertz CT molecular complexity index is 162. The lowest BCUT2D eigenvalue weighted by molar-refractivity contribution is -0.162. The molecule has 15 heavy (non-hydrogen) atoms. The second kappa shape index (κ2) is 8.89. The Morgan fingerprint density at radius 2 is 2.13 bits per heavy atom. The summed E-state index contributed by atoms with van der Waals surface area (Å²) in [6.07, 6.45) is 10.4. The van der Waals surface area contributed by atoms with E-state index in [1.807, 2.05) is 6.08 Å². The molecule has 1 unspecified atom stereocenters. The fourth-order valence-corrected chi connectivity index (χ4v) is 1.57. The Hall–Kier alpha value is -0.380. The van der Waals surface area contributed by atoms with Crippen LogP contribution < -0.4 is 0 Å². The molecule has 0 aromatic rings. The molecule has 1 atom stereocenters. The minimum absolute atomic E-state index is 0.0418. The number of allylic oxidation sites excluding steroid dienone is 1. The van der Waals surface area contributed by atoms with Crippen LogP contribution in [0.4, 0.5) is 0 Å². The van der Waals surface area contributed by atoms with Gasteiger partial charge in [0, 0.05) is 13.2 Å². The van der Waals surface area contributed by atoms with Gasteiger partial charge in [0.2, 0.25) is 0 Å². The molecule has 3 nitrogen and oxygen atoms in total. The van der Waals surface area contributed by atoms with Crippen LogP contribution in [0, 0.1) is 0 Å². The van der Waals surface area contributed by atoms with Gasteiger partial charge in [0.15, 0.2) is 6.29 Å². The van der Waals surface area contributed by atoms with Gasteiger partial charge >= 0.3 is 0 Å². The third-order valence-electron chi connectivity index (χ3n) is 2.42. The van der Waals surface area contributed by atoms with Crippen LogP contribution in [0.5, 0.6) is 0 Å². The number of ether oxygens (including phenoxy) is 2. The van der Waals surface area contributed by atoms with E-state index in [-0.39, 0.29) is 12.9 Å². The second-order valence-electron chi connectivity index (χ2n) is 3.79.